The molecule has 0 radical (unpaired) electrons. The number of amides is 2. The first kappa shape index (κ1) is 23.4. The quantitative estimate of drug-likeness (QED) is 0.690. The second-order valence-electron chi connectivity index (χ2n) is 8.94. The van der Waals surface area contributed by atoms with Gasteiger partial charge in [-0.15, -0.1) is 0 Å². The highest BCUT2D eigenvalue weighted by Gasteiger charge is 2.31. The van der Waals surface area contributed by atoms with Crippen LogP contribution in [0.2, 0.25) is 10.0 Å². The first-order valence-corrected chi connectivity index (χ1v) is 11.9. The van der Waals surface area contributed by atoms with Crippen LogP contribution < -0.4 is 5.32 Å². The molecule has 1 aromatic carbocycles. The summed E-state index contributed by atoms with van der Waals surface area (Å²) in [6.45, 7) is 8.56. The van der Waals surface area contributed by atoms with Gasteiger partial charge in [0.2, 0.25) is 5.91 Å². The van der Waals surface area contributed by atoms with Gasteiger partial charge in [-0.05, 0) is 69.3 Å². The number of rotatable bonds is 6. The van der Waals surface area contributed by atoms with E-state index in [0.29, 0.717) is 27.6 Å². The first-order valence-electron chi connectivity index (χ1n) is 11.1. The number of carbonyl (C=O) groups is 2. The maximum atomic E-state index is 12.8. The largest absolute Gasteiger partial charge is 0.356 e. The SMILES string of the molecule is CC(C)CCNC(=O)C1CCN(C2CCN(C(=O)c3ccc(Cl)c(Cl)c3)CC2)CC1. The zero-order valence-electron chi connectivity index (χ0n) is 18.0. The van der Waals surface area contributed by atoms with Crippen LogP contribution in [0.25, 0.3) is 0 Å². The van der Waals surface area contributed by atoms with Crippen molar-refractivity contribution in [2.45, 2.75) is 52.0 Å². The third kappa shape index (κ3) is 6.12. The van der Waals surface area contributed by atoms with Crippen molar-refractivity contribution in [1.29, 1.82) is 0 Å². The van der Waals surface area contributed by atoms with Gasteiger partial charge in [-0.2, -0.15) is 0 Å². The van der Waals surface area contributed by atoms with E-state index in [4.69, 9.17) is 23.2 Å². The number of piperidine rings is 2. The van der Waals surface area contributed by atoms with Crippen LogP contribution >= 0.6 is 23.2 Å². The van der Waals surface area contributed by atoms with Gasteiger partial charge in [0.25, 0.3) is 5.91 Å². The summed E-state index contributed by atoms with van der Waals surface area (Å²) in [6, 6.07) is 5.55. The lowest BCUT2D eigenvalue weighted by Gasteiger charge is -2.41. The fraction of sp³-hybridized carbons (Fsp3) is 0.652. The molecular weight excluding hydrogens is 421 g/mol. The minimum atomic E-state index is 0.0174. The fourth-order valence-electron chi connectivity index (χ4n) is 4.40. The number of nitrogens with one attached hydrogen (secondary N) is 1. The van der Waals surface area contributed by atoms with Crippen molar-refractivity contribution in [3.63, 3.8) is 0 Å². The second-order valence-corrected chi connectivity index (χ2v) is 9.75. The molecule has 7 heteroatoms. The molecule has 0 aromatic heterocycles. The molecule has 2 aliphatic heterocycles. The van der Waals surface area contributed by atoms with Crippen LogP contribution in [0.15, 0.2) is 18.2 Å². The summed E-state index contributed by atoms with van der Waals surface area (Å²) in [6.07, 6.45) is 4.83. The summed E-state index contributed by atoms with van der Waals surface area (Å²) in [5.74, 6) is 0.993. The van der Waals surface area contributed by atoms with E-state index in [0.717, 1.165) is 64.8 Å². The molecule has 3 rings (SSSR count). The van der Waals surface area contributed by atoms with E-state index in [1.165, 1.54) is 0 Å². The molecule has 5 nitrogen and oxygen atoms in total. The smallest absolute Gasteiger partial charge is 0.253 e. The van der Waals surface area contributed by atoms with Crippen molar-refractivity contribution in [3.8, 4) is 0 Å². The van der Waals surface area contributed by atoms with E-state index < -0.39 is 0 Å². The standard InChI is InChI=1S/C23H33Cl2N3O2/c1-16(2)5-10-26-22(29)17-6-11-27(12-7-17)19-8-13-28(14-9-19)23(30)18-3-4-20(24)21(25)15-18/h3-4,15-17,19H,5-14H2,1-2H3,(H,26,29). The number of likely N-dealkylation sites (tertiary alicyclic amines) is 2. The minimum absolute atomic E-state index is 0.0174. The van der Waals surface area contributed by atoms with Gasteiger partial charge in [-0.1, -0.05) is 37.0 Å². The molecule has 2 aliphatic rings. The highest BCUT2D eigenvalue weighted by Crippen LogP contribution is 2.26. The molecule has 0 aliphatic carbocycles. The van der Waals surface area contributed by atoms with Crippen LogP contribution in [-0.4, -0.2) is 60.4 Å². The summed E-state index contributed by atoms with van der Waals surface area (Å²) in [5, 5.41) is 3.97. The Labute approximate surface area is 190 Å². The first-order chi connectivity index (χ1) is 14.3. The van der Waals surface area contributed by atoms with Crippen molar-refractivity contribution in [3.05, 3.63) is 33.8 Å². The summed E-state index contributed by atoms with van der Waals surface area (Å²) in [5.41, 5.74) is 0.590. The number of benzene rings is 1. The Morgan fingerprint density at radius 3 is 2.30 bits per heavy atom. The molecule has 2 saturated heterocycles. The number of halogens is 2. The minimum Gasteiger partial charge on any atom is -0.356 e. The Balaban J connectivity index is 1.42. The van der Waals surface area contributed by atoms with Gasteiger partial charge in [0.1, 0.15) is 0 Å². The predicted octanol–water partition coefficient (Wildman–Crippen LogP) is 4.47. The van der Waals surface area contributed by atoms with Gasteiger partial charge in [0.15, 0.2) is 0 Å². The number of hydrogen-bond acceptors (Lipinski definition) is 3. The lowest BCUT2D eigenvalue weighted by Crippen LogP contribution is -2.50. The third-order valence-electron chi connectivity index (χ3n) is 6.36. The molecule has 0 atom stereocenters. The zero-order valence-corrected chi connectivity index (χ0v) is 19.5. The topological polar surface area (TPSA) is 52.7 Å². The van der Waals surface area contributed by atoms with Crippen LogP contribution in [0.5, 0.6) is 0 Å². The van der Waals surface area contributed by atoms with Crippen molar-refractivity contribution < 1.29 is 9.59 Å². The van der Waals surface area contributed by atoms with Gasteiger partial charge < -0.3 is 15.1 Å². The van der Waals surface area contributed by atoms with Crippen LogP contribution in [0, 0.1) is 11.8 Å². The lowest BCUT2D eigenvalue weighted by atomic mass is 9.92. The van der Waals surface area contributed by atoms with E-state index in [1.54, 1.807) is 18.2 Å². The molecule has 1 N–H and O–H groups in total. The van der Waals surface area contributed by atoms with Crippen LogP contribution in [0.3, 0.4) is 0 Å². The zero-order chi connectivity index (χ0) is 21.7. The molecule has 0 bridgehead atoms. The third-order valence-corrected chi connectivity index (χ3v) is 7.09. The van der Waals surface area contributed by atoms with Gasteiger partial charge in [0, 0.05) is 37.2 Å². The monoisotopic (exact) mass is 453 g/mol. The van der Waals surface area contributed by atoms with E-state index in [1.807, 2.05) is 4.90 Å². The van der Waals surface area contributed by atoms with Crippen molar-refractivity contribution >= 4 is 35.0 Å². The molecule has 2 fully saturated rings. The molecule has 2 heterocycles. The number of hydrogen-bond donors (Lipinski definition) is 1. The van der Waals surface area contributed by atoms with E-state index in [2.05, 4.69) is 24.1 Å². The molecule has 0 unspecified atom stereocenters. The second kappa shape index (κ2) is 10.8. The highest BCUT2D eigenvalue weighted by atomic mass is 35.5. The molecule has 2 amide bonds. The van der Waals surface area contributed by atoms with Gasteiger partial charge >= 0.3 is 0 Å². The van der Waals surface area contributed by atoms with E-state index >= 15 is 0 Å². The molecule has 166 valence electrons. The predicted molar refractivity (Wildman–Crippen MR) is 122 cm³/mol. The Hall–Kier alpha value is -1.30. The van der Waals surface area contributed by atoms with Crippen molar-refractivity contribution in [2.75, 3.05) is 32.7 Å². The van der Waals surface area contributed by atoms with Crippen LogP contribution in [0.1, 0.15) is 56.3 Å². The summed E-state index contributed by atoms with van der Waals surface area (Å²) in [4.78, 5) is 29.5. The maximum absolute atomic E-state index is 12.8. The number of carbonyl (C=O) groups excluding carboxylic acids is 2. The summed E-state index contributed by atoms with van der Waals surface area (Å²) in [7, 11) is 0. The Morgan fingerprint density at radius 1 is 1.03 bits per heavy atom. The van der Waals surface area contributed by atoms with Gasteiger partial charge in [-0.25, -0.2) is 0 Å². The Bertz CT molecular complexity index is 740. The normalized spacial score (nSPS) is 19.3. The number of nitrogens with zero attached hydrogens (tertiary/aromatic N) is 2. The van der Waals surface area contributed by atoms with Crippen molar-refractivity contribution in [1.82, 2.24) is 15.1 Å². The van der Waals surface area contributed by atoms with Crippen LogP contribution in [-0.2, 0) is 4.79 Å². The fourth-order valence-corrected chi connectivity index (χ4v) is 4.70. The molecule has 0 spiro atoms. The molecule has 30 heavy (non-hydrogen) atoms. The van der Waals surface area contributed by atoms with E-state index in [9.17, 15) is 9.59 Å². The maximum Gasteiger partial charge on any atom is 0.253 e. The van der Waals surface area contributed by atoms with Crippen molar-refractivity contribution in [2.24, 2.45) is 11.8 Å². The Kier molecular flexibility index (Phi) is 8.44. The summed E-state index contributed by atoms with van der Waals surface area (Å²) < 4.78 is 0. The Morgan fingerprint density at radius 2 is 1.70 bits per heavy atom. The molecule has 1 aromatic rings. The van der Waals surface area contributed by atoms with Crippen LogP contribution in [0.4, 0.5) is 0 Å². The summed E-state index contributed by atoms with van der Waals surface area (Å²) >= 11 is 12.0. The van der Waals surface area contributed by atoms with E-state index in [-0.39, 0.29) is 17.7 Å². The average Bonchev–Trinajstić information content (AvgIpc) is 2.75. The average molecular weight is 454 g/mol. The lowest BCUT2D eigenvalue weighted by molar-refractivity contribution is -0.126. The van der Waals surface area contributed by atoms with Gasteiger partial charge in [0.05, 0.1) is 10.0 Å². The highest BCUT2D eigenvalue weighted by molar-refractivity contribution is 6.42. The van der Waals surface area contributed by atoms with Gasteiger partial charge in [-0.3, -0.25) is 9.59 Å². The molecular formula is C23H33Cl2N3O2. The molecule has 0 saturated carbocycles.